The minimum atomic E-state index is -0.279. The zero-order valence-electron chi connectivity index (χ0n) is 16.2. The number of hydrogen-bond acceptors (Lipinski definition) is 2. The Balaban J connectivity index is 1.40. The van der Waals surface area contributed by atoms with Crippen molar-refractivity contribution in [2.24, 2.45) is 17.3 Å². The van der Waals surface area contributed by atoms with Gasteiger partial charge in [0.2, 0.25) is 11.8 Å². The van der Waals surface area contributed by atoms with E-state index in [-0.39, 0.29) is 28.8 Å². The molecule has 4 bridgehead atoms. The minimum Gasteiger partial charge on any atom is -0.351 e. The number of aryl methyl sites for hydroxylation is 1. The highest BCUT2D eigenvalue weighted by atomic mass is 16.2. The van der Waals surface area contributed by atoms with Gasteiger partial charge in [0.1, 0.15) is 0 Å². The Morgan fingerprint density at radius 3 is 2.56 bits per heavy atom. The first kappa shape index (κ1) is 17.3. The Hall–Kier alpha value is -1.84. The number of carbonyl (C=O) groups is 2. The van der Waals surface area contributed by atoms with Crippen LogP contribution >= 0.6 is 0 Å². The summed E-state index contributed by atoms with van der Waals surface area (Å²) in [4.78, 5) is 25.4. The van der Waals surface area contributed by atoms with Crippen LogP contribution in [0.5, 0.6) is 0 Å². The van der Waals surface area contributed by atoms with Crippen molar-refractivity contribution < 1.29 is 9.59 Å². The van der Waals surface area contributed by atoms with Crippen molar-refractivity contribution in [3.05, 3.63) is 35.4 Å². The molecule has 5 aliphatic carbocycles. The molecule has 144 valence electrons. The molecule has 0 spiro atoms. The van der Waals surface area contributed by atoms with Crippen molar-refractivity contribution in [3.8, 4) is 0 Å². The standard InChI is InChI=1S/C23H30N2O2/c1-15(26)25-23-12-16-9-17(13-23)11-22(10-16,14-23)21(27)24-20-8-4-6-18-5-2-3-7-19(18)20/h2-3,5,7,16-17,20H,4,6,8-14H2,1H3,(H,24,27)(H,25,26)/t16-,17+,20-,22?,23?/m1/s1. The second-order valence-electron chi connectivity index (χ2n) is 9.82. The third-order valence-corrected chi connectivity index (χ3v) is 7.66. The van der Waals surface area contributed by atoms with Crippen molar-refractivity contribution in [1.82, 2.24) is 10.6 Å². The Bertz CT molecular complexity index is 772. The average Bonchev–Trinajstić information content (AvgIpc) is 2.59. The quantitative estimate of drug-likeness (QED) is 0.858. The van der Waals surface area contributed by atoms with Crippen molar-refractivity contribution in [2.75, 3.05) is 0 Å². The molecule has 2 unspecified atom stereocenters. The molecule has 6 rings (SSSR count). The van der Waals surface area contributed by atoms with Gasteiger partial charge < -0.3 is 10.6 Å². The minimum absolute atomic E-state index is 0.0497. The highest BCUT2D eigenvalue weighted by Crippen LogP contribution is 2.61. The summed E-state index contributed by atoms with van der Waals surface area (Å²) in [6.45, 7) is 1.62. The molecule has 1 aromatic rings. The van der Waals surface area contributed by atoms with Crippen LogP contribution in [0, 0.1) is 17.3 Å². The molecule has 1 aromatic carbocycles. The molecule has 4 fully saturated rings. The summed E-state index contributed by atoms with van der Waals surface area (Å²) in [7, 11) is 0. The van der Waals surface area contributed by atoms with Gasteiger partial charge in [-0.1, -0.05) is 24.3 Å². The van der Waals surface area contributed by atoms with Crippen molar-refractivity contribution in [3.63, 3.8) is 0 Å². The first-order valence-corrected chi connectivity index (χ1v) is 10.6. The molecule has 2 N–H and O–H groups in total. The summed E-state index contributed by atoms with van der Waals surface area (Å²) in [6, 6.07) is 8.70. The van der Waals surface area contributed by atoms with E-state index in [1.807, 2.05) is 0 Å². The van der Waals surface area contributed by atoms with E-state index in [4.69, 9.17) is 0 Å². The van der Waals surface area contributed by atoms with E-state index in [2.05, 4.69) is 34.9 Å². The van der Waals surface area contributed by atoms with Gasteiger partial charge in [0.15, 0.2) is 0 Å². The topological polar surface area (TPSA) is 58.2 Å². The smallest absolute Gasteiger partial charge is 0.226 e. The number of benzene rings is 1. The molecule has 0 radical (unpaired) electrons. The van der Waals surface area contributed by atoms with E-state index in [1.54, 1.807) is 6.92 Å². The molecule has 4 saturated carbocycles. The Morgan fingerprint density at radius 1 is 1.07 bits per heavy atom. The van der Waals surface area contributed by atoms with Crippen LogP contribution in [0.1, 0.15) is 75.5 Å². The maximum absolute atomic E-state index is 13.6. The average molecular weight is 367 g/mol. The van der Waals surface area contributed by atoms with Crippen LogP contribution in [0.3, 0.4) is 0 Å². The van der Waals surface area contributed by atoms with E-state index in [0.717, 1.165) is 51.4 Å². The highest BCUT2D eigenvalue weighted by Gasteiger charge is 2.61. The molecule has 5 atom stereocenters. The lowest BCUT2D eigenvalue weighted by atomic mass is 9.46. The van der Waals surface area contributed by atoms with Crippen molar-refractivity contribution in [2.45, 2.75) is 76.3 Å². The summed E-state index contributed by atoms with van der Waals surface area (Å²) in [5.41, 5.74) is 2.27. The molecule has 2 amide bonds. The maximum Gasteiger partial charge on any atom is 0.226 e. The second kappa shape index (κ2) is 6.08. The highest BCUT2D eigenvalue weighted by molar-refractivity contribution is 5.84. The largest absolute Gasteiger partial charge is 0.351 e. The summed E-state index contributed by atoms with van der Waals surface area (Å²) in [6.07, 6.45) is 9.47. The fraction of sp³-hybridized carbons (Fsp3) is 0.652. The number of hydrogen-bond donors (Lipinski definition) is 2. The van der Waals surface area contributed by atoms with Gasteiger partial charge in [0, 0.05) is 12.5 Å². The fourth-order valence-corrected chi connectivity index (χ4v) is 7.26. The lowest BCUT2D eigenvalue weighted by Gasteiger charge is -2.61. The monoisotopic (exact) mass is 366 g/mol. The van der Waals surface area contributed by atoms with E-state index in [1.165, 1.54) is 17.5 Å². The molecule has 0 saturated heterocycles. The van der Waals surface area contributed by atoms with Crippen LogP contribution in [0.15, 0.2) is 24.3 Å². The zero-order valence-corrected chi connectivity index (χ0v) is 16.2. The van der Waals surface area contributed by atoms with E-state index in [9.17, 15) is 9.59 Å². The van der Waals surface area contributed by atoms with Crippen LogP contribution in [-0.2, 0) is 16.0 Å². The predicted molar refractivity (Wildman–Crippen MR) is 104 cm³/mol. The zero-order chi connectivity index (χ0) is 18.6. The maximum atomic E-state index is 13.6. The van der Waals surface area contributed by atoms with Gasteiger partial charge >= 0.3 is 0 Å². The summed E-state index contributed by atoms with van der Waals surface area (Å²) in [5.74, 6) is 1.46. The molecule has 4 heteroatoms. The first-order chi connectivity index (χ1) is 13.0. The third-order valence-electron chi connectivity index (χ3n) is 7.66. The summed E-state index contributed by atoms with van der Waals surface area (Å²) >= 11 is 0. The van der Waals surface area contributed by atoms with E-state index >= 15 is 0 Å². The van der Waals surface area contributed by atoms with E-state index < -0.39 is 0 Å². The number of fused-ring (bicyclic) bond motifs is 1. The third kappa shape index (κ3) is 2.88. The number of amides is 2. The predicted octanol–water partition coefficient (Wildman–Crippen LogP) is 3.66. The van der Waals surface area contributed by atoms with Crippen LogP contribution < -0.4 is 10.6 Å². The molecule has 0 aromatic heterocycles. The van der Waals surface area contributed by atoms with Gasteiger partial charge in [-0.2, -0.15) is 0 Å². The summed E-state index contributed by atoms with van der Waals surface area (Å²) in [5, 5.41) is 6.72. The normalized spacial score (nSPS) is 38.9. The number of rotatable bonds is 3. The molecule has 5 aliphatic rings. The lowest BCUT2D eigenvalue weighted by Crippen LogP contribution is -2.65. The molecule has 0 heterocycles. The van der Waals surface area contributed by atoms with Gasteiger partial charge in [-0.15, -0.1) is 0 Å². The number of nitrogens with one attached hydrogen (secondary N) is 2. The molecule has 4 nitrogen and oxygen atoms in total. The Labute approximate surface area is 161 Å². The van der Waals surface area contributed by atoms with Gasteiger partial charge in [0.05, 0.1) is 11.5 Å². The van der Waals surface area contributed by atoms with Gasteiger partial charge in [-0.25, -0.2) is 0 Å². The van der Waals surface area contributed by atoms with Crippen LogP contribution in [0.25, 0.3) is 0 Å². The molecular weight excluding hydrogens is 336 g/mol. The van der Waals surface area contributed by atoms with Crippen LogP contribution in [-0.4, -0.2) is 17.4 Å². The number of carbonyl (C=O) groups excluding carboxylic acids is 2. The van der Waals surface area contributed by atoms with Crippen molar-refractivity contribution >= 4 is 11.8 Å². The first-order valence-electron chi connectivity index (χ1n) is 10.6. The van der Waals surface area contributed by atoms with Gasteiger partial charge in [-0.05, 0) is 80.8 Å². The molecular formula is C23H30N2O2. The van der Waals surface area contributed by atoms with Gasteiger partial charge in [-0.3, -0.25) is 9.59 Å². The van der Waals surface area contributed by atoms with E-state index in [0.29, 0.717) is 11.8 Å². The fourth-order valence-electron chi connectivity index (χ4n) is 7.26. The molecule has 0 aliphatic heterocycles. The lowest BCUT2D eigenvalue weighted by molar-refractivity contribution is -0.153. The SMILES string of the molecule is CC(=O)NC12C[C@H]3C[C@@H](C1)CC(C(=O)N[C@@H]1CCCc4ccccc41)(C3)C2. The second-order valence-corrected chi connectivity index (χ2v) is 9.82. The van der Waals surface area contributed by atoms with Gasteiger partial charge in [0.25, 0.3) is 0 Å². The Morgan fingerprint density at radius 2 is 1.81 bits per heavy atom. The Kier molecular flexibility index (Phi) is 3.89. The van der Waals surface area contributed by atoms with Crippen molar-refractivity contribution in [1.29, 1.82) is 0 Å². The summed E-state index contributed by atoms with van der Waals surface area (Å²) < 4.78 is 0. The van der Waals surface area contributed by atoms with Crippen LogP contribution in [0.4, 0.5) is 0 Å². The molecule has 27 heavy (non-hydrogen) atoms. The van der Waals surface area contributed by atoms with Crippen LogP contribution in [0.2, 0.25) is 0 Å².